The molecule has 1 rings (SSSR count). The molecule has 0 aromatic heterocycles. The molecule has 1 aromatic carbocycles. The molecule has 0 aliphatic rings. The Labute approximate surface area is 118 Å². The second-order valence-corrected chi connectivity index (χ2v) is 4.81. The minimum Gasteiger partial charge on any atom is -0.496 e. The van der Waals surface area contributed by atoms with Crippen molar-refractivity contribution in [2.24, 2.45) is 0 Å². The van der Waals surface area contributed by atoms with Gasteiger partial charge in [-0.15, -0.1) is 0 Å². The highest BCUT2D eigenvalue weighted by atomic mass is 35.5. The van der Waals surface area contributed by atoms with Gasteiger partial charge in [-0.1, -0.05) is 18.5 Å². The molecule has 108 valence electrons. The topological polar surface area (TPSA) is 58.9 Å². The molecular formula is C14H21ClO4. The monoisotopic (exact) mass is 288 g/mol. The Morgan fingerprint density at radius 2 is 1.84 bits per heavy atom. The van der Waals surface area contributed by atoms with Crippen molar-refractivity contribution in [2.45, 2.75) is 31.8 Å². The maximum Gasteiger partial charge on any atom is 0.138 e. The molecule has 4 nitrogen and oxygen atoms in total. The van der Waals surface area contributed by atoms with Crippen LogP contribution in [-0.2, 0) is 0 Å². The average Bonchev–Trinajstić information content (AvgIpc) is 2.44. The molecular weight excluding hydrogens is 268 g/mol. The number of aliphatic hydroxyl groups excluding tert-OH is 2. The molecule has 0 bridgehead atoms. The molecule has 19 heavy (non-hydrogen) atoms. The largest absolute Gasteiger partial charge is 0.496 e. The quantitative estimate of drug-likeness (QED) is 0.810. The summed E-state index contributed by atoms with van der Waals surface area (Å²) < 4.78 is 10.6. The molecule has 2 atom stereocenters. The van der Waals surface area contributed by atoms with Crippen LogP contribution in [0, 0.1) is 0 Å². The first-order valence-corrected chi connectivity index (χ1v) is 6.65. The summed E-state index contributed by atoms with van der Waals surface area (Å²) in [4.78, 5) is 0. The second-order valence-electron chi connectivity index (χ2n) is 4.41. The molecule has 0 aliphatic carbocycles. The van der Waals surface area contributed by atoms with E-state index >= 15 is 0 Å². The van der Waals surface area contributed by atoms with E-state index < -0.39 is 6.10 Å². The average molecular weight is 289 g/mol. The standard InChI is InChI=1S/C14H21ClO4/c1-4-9(5-10(17)8-16)11-6-14(19-3)12(15)7-13(11)18-2/h6-7,9-10,16-17H,4-5,8H2,1-3H3. The van der Waals surface area contributed by atoms with E-state index in [4.69, 9.17) is 26.2 Å². The van der Waals surface area contributed by atoms with Crippen LogP contribution in [0.4, 0.5) is 0 Å². The van der Waals surface area contributed by atoms with Gasteiger partial charge in [-0.25, -0.2) is 0 Å². The van der Waals surface area contributed by atoms with Crippen molar-refractivity contribution in [3.05, 3.63) is 22.7 Å². The minimum atomic E-state index is -0.740. The van der Waals surface area contributed by atoms with Crippen molar-refractivity contribution >= 4 is 11.6 Å². The number of aliphatic hydroxyl groups is 2. The van der Waals surface area contributed by atoms with Crippen LogP contribution in [-0.4, -0.2) is 37.1 Å². The Hall–Kier alpha value is -0.970. The Morgan fingerprint density at radius 3 is 2.32 bits per heavy atom. The van der Waals surface area contributed by atoms with Gasteiger partial charge in [0.1, 0.15) is 11.5 Å². The zero-order valence-electron chi connectivity index (χ0n) is 11.5. The highest BCUT2D eigenvalue weighted by molar-refractivity contribution is 6.32. The number of hydrogen-bond acceptors (Lipinski definition) is 4. The first-order valence-electron chi connectivity index (χ1n) is 6.27. The van der Waals surface area contributed by atoms with E-state index in [-0.39, 0.29) is 12.5 Å². The van der Waals surface area contributed by atoms with E-state index in [2.05, 4.69) is 0 Å². The van der Waals surface area contributed by atoms with Gasteiger partial charge in [0.15, 0.2) is 0 Å². The van der Waals surface area contributed by atoms with Gasteiger partial charge in [0.2, 0.25) is 0 Å². The summed E-state index contributed by atoms with van der Waals surface area (Å²) in [5.74, 6) is 1.32. The van der Waals surface area contributed by atoms with E-state index in [0.717, 1.165) is 12.0 Å². The molecule has 0 aliphatic heterocycles. The van der Waals surface area contributed by atoms with Gasteiger partial charge < -0.3 is 19.7 Å². The Kier molecular flexibility index (Phi) is 6.42. The molecule has 0 saturated carbocycles. The summed E-state index contributed by atoms with van der Waals surface area (Å²) in [7, 11) is 3.14. The van der Waals surface area contributed by atoms with Gasteiger partial charge in [0, 0.05) is 11.6 Å². The Morgan fingerprint density at radius 1 is 1.21 bits per heavy atom. The van der Waals surface area contributed by atoms with Gasteiger partial charge in [0.25, 0.3) is 0 Å². The van der Waals surface area contributed by atoms with Gasteiger partial charge in [-0.05, 0) is 24.8 Å². The fourth-order valence-corrected chi connectivity index (χ4v) is 2.35. The summed E-state index contributed by atoms with van der Waals surface area (Å²) in [5, 5.41) is 19.1. The maximum atomic E-state index is 9.62. The zero-order chi connectivity index (χ0) is 14.4. The third kappa shape index (κ3) is 4.00. The van der Waals surface area contributed by atoms with E-state index in [0.29, 0.717) is 22.9 Å². The predicted molar refractivity (Wildman–Crippen MR) is 75.3 cm³/mol. The third-order valence-corrected chi connectivity index (χ3v) is 3.50. The molecule has 0 radical (unpaired) electrons. The highest BCUT2D eigenvalue weighted by Crippen LogP contribution is 2.39. The lowest BCUT2D eigenvalue weighted by atomic mass is 9.90. The highest BCUT2D eigenvalue weighted by Gasteiger charge is 2.20. The van der Waals surface area contributed by atoms with Crippen molar-refractivity contribution in [2.75, 3.05) is 20.8 Å². The normalized spacial score (nSPS) is 14.0. The van der Waals surface area contributed by atoms with Crippen LogP contribution in [0.3, 0.4) is 0 Å². The number of hydrogen-bond donors (Lipinski definition) is 2. The van der Waals surface area contributed by atoms with E-state index in [1.807, 2.05) is 13.0 Å². The fraction of sp³-hybridized carbons (Fsp3) is 0.571. The molecule has 0 spiro atoms. The Balaban J connectivity index is 3.13. The number of ether oxygens (including phenoxy) is 2. The number of benzene rings is 1. The summed E-state index contributed by atoms with van der Waals surface area (Å²) in [6, 6.07) is 3.54. The van der Waals surface area contributed by atoms with Gasteiger partial charge in [-0.2, -0.15) is 0 Å². The van der Waals surface area contributed by atoms with Crippen LogP contribution in [0.5, 0.6) is 11.5 Å². The van der Waals surface area contributed by atoms with Gasteiger partial charge in [-0.3, -0.25) is 0 Å². The zero-order valence-corrected chi connectivity index (χ0v) is 12.3. The SMILES string of the molecule is CCC(CC(O)CO)c1cc(OC)c(Cl)cc1OC. The van der Waals surface area contributed by atoms with Gasteiger partial charge >= 0.3 is 0 Å². The van der Waals surface area contributed by atoms with Crippen LogP contribution in [0.2, 0.25) is 5.02 Å². The second kappa shape index (κ2) is 7.58. The molecule has 1 aromatic rings. The first-order chi connectivity index (χ1) is 9.07. The van der Waals surface area contributed by atoms with Crippen LogP contribution in [0.25, 0.3) is 0 Å². The van der Waals surface area contributed by atoms with Crippen molar-refractivity contribution < 1.29 is 19.7 Å². The van der Waals surface area contributed by atoms with E-state index in [1.54, 1.807) is 20.3 Å². The molecule has 2 unspecified atom stereocenters. The maximum absolute atomic E-state index is 9.62. The molecule has 0 heterocycles. The summed E-state index contributed by atoms with van der Waals surface area (Å²) >= 11 is 6.07. The molecule has 5 heteroatoms. The Bertz CT molecular complexity index is 409. The van der Waals surface area contributed by atoms with Crippen LogP contribution in [0.1, 0.15) is 31.2 Å². The third-order valence-electron chi connectivity index (χ3n) is 3.20. The van der Waals surface area contributed by atoms with Crippen LogP contribution < -0.4 is 9.47 Å². The van der Waals surface area contributed by atoms with E-state index in [1.165, 1.54) is 0 Å². The summed E-state index contributed by atoms with van der Waals surface area (Å²) in [6.45, 7) is 1.78. The number of methoxy groups -OCH3 is 2. The smallest absolute Gasteiger partial charge is 0.138 e. The van der Waals surface area contributed by atoms with Crippen molar-refractivity contribution in [3.63, 3.8) is 0 Å². The molecule has 0 amide bonds. The van der Waals surface area contributed by atoms with Crippen molar-refractivity contribution in [3.8, 4) is 11.5 Å². The molecule has 2 N–H and O–H groups in total. The first kappa shape index (κ1) is 16.1. The lowest BCUT2D eigenvalue weighted by Crippen LogP contribution is -2.16. The number of rotatable bonds is 7. The lowest BCUT2D eigenvalue weighted by molar-refractivity contribution is 0.0815. The molecule has 0 saturated heterocycles. The number of halogens is 1. The van der Waals surface area contributed by atoms with Crippen molar-refractivity contribution in [1.29, 1.82) is 0 Å². The summed E-state index contributed by atoms with van der Waals surface area (Å²) in [6.07, 6.45) is 0.545. The van der Waals surface area contributed by atoms with Gasteiger partial charge in [0.05, 0.1) is 32.0 Å². The minimum absolute atomic E-state index is 0.0725. The molecule has 0 fully saturated rings. The fourth-order valence-electron chi connectivity index (χ4n) is 2.12. The lowest BCUT2D eigenvalue weighted by Gasteiger charge is -2.21. The van der Waals surface area contributed by atoms with Crippen LogP contribution >= 0.6 is 11.6 Å². The van der Waals surface area contributed by atoms with E-state index in [9.17, 15) is 5.11 Å². The van der Waals surface area contributed by atoms with Crippen molar-refractivity contribution in [1.82, 2.24) is 0 Å². The summed E-state index contributed by atoms with van der Waals surface area (Å²) in [5.41, 5.74) is 0.929. The van der Waals surface area contributed by atoms with Crippen LogP contribution in [0.15, 0.2) is 12.1 Å². The predicted octanol–water partition coefficient (Wildman–Crippen LogP) is 2.59.